The number of allylic oxidation sites excluding steroid dienone is 1. The molecule has 0 spiro atoms. The van der Waals surface area contributed by atoms with Crippen LogP contribution >= 0.6 is 0 Å². The quantitative estimate of drug-likeness (QED) is 0.358. The van der Waals surface area contributed by atoms with Crippen LogP contribution in [0.1, 0.15) is 92.9 Å². The summed E-state index contributed by atoms with van der Waals surface area (Å²) in [6, 6.07) is 0. The first-order valence-electron chi connectivity index (χ1n) is 13.3. The lowest BCUT2D eigenvalue weighted by molar-refractivity contribution is -0.148. The molecule has 4 rings (SSSR count). The van der Waals surface area contributed by atoms with E-state index in [4.69, 9.17) is 4.74 Å². The van der Waals surface area contributed by atoms with Gasteiger partial charge in [0.15, 0.2) is 0 Å². The summed E-state index contributed by atoms with van der Waals surface area (Å²) in [5, 5.41) is 0. The minimum atomic E-state index is -0.118. The van der Waals surface area contributed by atoms with Crippen molar-refractivity contribution in [2.75, 3.05) is 19.6 Å². The average Bonchev–Trinajstić information content (AvgIpc) is 3.09. The molecule has 0 amide bonds. The molecule has 0 aromatic rings. The highest BCUT2D eigenvalue weighted by Gasteiger charge is 2.59. The van der Waals surface area contributed by atoms with Gasteiger partial charge in [-0.15, -0.1) is 0 Å². The average molecular weight is 430 g/mol. The Kier molecular flexibility index (Phi) is 6.65. The topological polar surface area (TPSA) is 29.5 Å². The van der Waals surface area contributed by atoms with Gasteiger partial charge in [-0.2, -0.15) is 0 Å². The Balaban J connectivity index is 1.50. The van der Waals surface area contributed by atoms with Gasteiger partial charge in [0, 0.05) is 19.9 Å². The maximum Gasteiger partial charge on any atom is 0.302 e. The van der Waals surface area contributed by atoms with Gasteiger partial charge in [-0.3, -0.25) is 4.79 Å². The first-order chi connectivity index (χ1) is 14.7. The number of carbonyl (C=O) groups excluding carboxylic acids is 1. The maximum atomic E-state index is 11.5. The van der Waals surface area contributed by atoms with E-state index in [0.717, 1.165) is 42.4 Å². The summed E-state index contributed by atoms with van der Waals surface area (Å²) in [5.74, 6) is 4.17. The van der Waals surface area contributed by atoms with E-state index in [9.17, 15) is 4.79 Å². The zero-order valence-electron chi connectivity index (χ0n) is 21.1. The summed E-state index contributed by atoms with van der Waals surface area (Å²) in [6.07, 6.45) is 12.9. The van der Waals surface area contributed by atoms with Gasteiger partial charge in [0.1, 0.15) is 6.10 Å². The van der Waals surface area contributed by atoms with E-state index in [2.05, 4.69) is 45.6 Å². The third-order valence-electron chi connectivity index (χ3n) is 10.6. The summed E-state index contributed by atoms with van der Waals surface area (Å²) < 4.78 is 5.61. The highest BCUT2D eigenvalue weighted by molar-refractivity contribution is 5.66. The van der Waals surface area contributed by atoms with Crippen molar-refractivity contribution in [2.45, 2.75) is 99.0 Å². The molecule has 3 fully saturated rings. The molecule has 4 aliphatic rings. The molecule has 0 heterocycles. The van der Waals surface area contributed by atoms with Crippen LogP contribution < -0.4 is 0 Å². The molecule has 0 radical (unpaired) electrons. The molecule has 0 aliphatic heterocycles. The van der Waals surface area contributed by atoms with Gasteiger partial charge in [0.05, 0.1) is 0 Å². The van der Waals surface area contributed by atoms with Crippen LogP contribution in [0.3, 0.4) is 0 Å². The highest BCUT2D eigenvalue weighted by Crippen LogP contribution is 2.67. The fourth-order valence-electron chi connectivity index (χ4n) is 8.95. The minimum absolute atomic E-state index is 0.110. The molecule has 8 atom stereocenters. The molecule has 0 bridgehead atoms. The van der Waals surface area contributed by atoms with Gasteiger partial charge in [-0.05, 0) is 98.5 Å². The van der Waals surface area contributed by atoms with Crippen LogP contribution in [0.15, 0.2) is 11.6 Å². The van der Waals surface area contributed by atoms with Crippen molar-refractivity contribution >= 4 is 5.97 Å². The van der Waals surface area contributed by atoms with Gasteiger partial charge < -0.3 is 9.64 Å². The second-order valence-electron chi connectivity index (χ2n) is 11.9. The summed E-state index contributed by atoms with van der Waals surface area (Å²) in [5.41, 5.74) is 2.48. The van der Waals surface area contributed by atoms with Crippen LogP contribution in [0.25, 0.3) is 0 Å². The van der Waals surface area contributed by atoms with Gasteiger partial charge in [0.2, 0.25) is 0 Å². The van der Waals surface area contributed by atoms with E-state index in [1.54, 1.807) is 12.5 Å². The number of hydrogen-bond donors (Lipinski definition) is 0. The third kappa shape index (κ3) is 4.02. The van der Waals surface area contributed by atoms with E-state index in [0.29, 0.717) is 10.8 Å². The van der Waals surface area contributed by atoms with Crippen molar-refractivity contribution < 1.29 is 9.53 Å². The van der Waals surface area contributed by atoms with Crippen molar-refractivity contribution in [3.05, 3.63) is 11.6 Å². The molecule has 3 heteroatoms. The molecular weight excluding hydrogens is 382 g/mol. The van der Waals surface area contributed by atoms with Crippen molar-refractivity contribution in [3.63, 3.8) is 0 Å². The number of carbonyl (C=O) groups is 1. The van der Waals surface area contributed by atoms with Crippen molar-refractivity contribution in [2.24, 2.45) is 40.4 Å². The maximum absolute atomic E-state index is 11.5. The number of rotatable bonds is 6. The highest BCUT2D eigenvalue weighted by atomic mass is 16.5. The molecule has 8 unspecified atom stereocenters. The summed E-state index contributed by atoms with van der Waals surface area (Å²) in [7, 11) is 0. The van der Waals surface area contributed by atoms with Crippen molar-refractivity contribution in [1.29, 1.82) is 0 Å². The lowest BCUT2D eigenvalue weighted by Gasteiger charge is -2.58. The van der Waals surface area contributed by atoms with Gasteiger partial charge in [-0.1, -0.05) is 46.3 Å². The van der Waals surface area contributed by atoms with Crippen molar-refractivity contribution in [1.82, 2.24) is 4.90 Å². The van der Waals surface area contributed by atoms with Crippen LogP contribution in [0.2, 0.25) is 0 Å². The van der Waals surface area contributed by atoms with E-state index in [1.807, 2.05) is 0 Å². The number of ether oxygens (including phenoxy) is 1. The first kappa shape index (κ1) is 23.3. The van der Waals surface area contributed by atoms with E-state index < -0.39 is 0 Å². The van der Waals surface area contributed by atoms with Crippen LogP contribution in [-0.4, -0.2) is 36.6 Å². The predicted molar refractivity (Wildman–Crippen MR) is 128 cm³/mol. The zero-order chi connectivity index (χ0) is 22.4. The van der Waals surface area contributed by atoms with Gasteiger partial charge >= 0.3 is 5.97 Å². The first-order valence-corrected chi connectivity index (χ1v) is 13.3. The minimum Gasteiger partial charge on any atom is -0.462 e. The molecule has 0 N–H and O–H groups in total. The number of esters is 1. The summed E-state index contributed by atoms with van der Waals surface area (Å²) >= 11 is 0. The summed E-state index contributed by atoms with van der Waals surface area (Å²) in [4.78, 5) is 14.1. The zero-order valence-corrected chi connectivity index (χ0v) is 21.1. The molecule has 0 aromatic carbocycles. The smallest absolute Gasteiger partial charge is 0.302 e. The molecule has 0 aromatic heterocycles. The van der Waals surface area contributed by atoms with Crippen LogP contribution in [-0.2, 0) is 9.53 Å². The summed E-state index contributed by atoms with van der Waals surface area (Å²) in [6.45, 7) is 17.6. The molecular formula is C28H47NO2. The van der Waals surface area contributed by atoms with E-state index >= 15 is 0 Å². The fraction of sp³-hybridized carbons (Fsp3) is 0.893. The van der Waals surface area contributed by atoms with Crippen LogP contribution in [0.4, 0.5) is 0 Å². The van der Waals surface area contributed by atoms with Crippen LogP contribution in [0.5, 0.6) is 0 Å². The van der Waals surface area contributed by atoms with Gasteiger partial charge in [-0.25, -0.2) is 0 Å². The molecule has 0 saturated heterocycles. The second-order valence-corrected chi connectivity index (χ2v) is 11.9. The number of hydrogen-bond acceptors (Lipinski definition) is 3. The lowest BCUT2D eigenvalue weighted by Crippen LogP contribution is -2.51. The predicted octanol–water partition coefficient (Wildman–Crippen LogP) is 6.48. The Morgan fingerprint density at radius 1 is 1.13 bits per heavy atom. The lowest BCUT2D eigenvalue weighted by atomic mass is 9.47. The molecule has 3 saturated carbocycles. The number of nitrogens with zero attached hydrogens (tertiary/aromatic N) is 1. The van der Waals surface area contributed by atoms with Crippen molar-refractivity contribution in [3.8, 4) is 0 Å². The Labute approximate surface area is 191 Å². The standard InChI is InChI=1S/C28H47NO2/c1-7-29(8-2)18-19(3)24-11-12-25-23-10-9-21-17-22(31-20(4)30)13-15-27(21,5)26(23)14-16-28(24,25)6/h9,19,22-26H,7-8,10-18H2,1-6H3. The molecule has 31 heavy (non-hydrogen) atoms. The van der Waals surface area contributed by atoms with Crippen LogP contribution in [0, 0.1) is 40.4 Å². The second kappa shape index (κ2) is 8.84. The van der Waals surface area contributed by atoms with E-state index in [-0.39, 0.29) is 12.1 Å². The normalized spacial score (nSPS) is 42.9. The number of fused-ring (bicyclic) bond motifs is 5. The Hall–Kier alpha value is -0.830. The van der Waals surface area contributed by atoms with Gasteiger partial charge in [0.25, 0.3) is 0 Å². The monoisotopic (exact) mass is 429 g/mol. The Morgan fingerprint density at radius 2 is 1.87 bits per heavy atom. The molecule has 3 nitrogen and oxygen atoms in total. The molecule has 4 aliphatic carbocycles. The third-order valence-corrected chi connectivity index (χ3v) is 10.6. The Bertz CT molecular complexity index is 697. The van der Waals surface area contributed by atoms with E-state index in [1.165, 1.54) is 58.2 Å². The molecule has 176 valence electrons. The SMILES string of the molecule is CCN(CC)CC(C)C1CCC2C3CC=C4CC(OC(C)=O)CCC4(C)C3CCC12C. The largest absolute Gasteiger partial charge is 0.462 e. The Morgan fingerprint density at radius 3 is 2.55 bits per heavy atom. The fourth-order valence-corrected chi connectivity index (χ4v) is 8.95.